The minimum atomic E-state index is -1.84. The Morgan fingerprint density at radius 3 is 2.86 bits per heavy atom. The summed E-state index contributed by atoms with van der Waals surface area (Å²) in [5.41, 5.74) is 6.93. The highest BCUT2D eigenvalue weighted by Crippen LogP contribution is 2.38. The van der Waals surface area contributed by atoms with Gasteiger partial charge in [0.2, 0.25) is 19.0 Å². The molecule has 1 saturated heterocycles. The number of hydrogen-bond acceptors (Lipinski definition) is 9. The summed E-state index contributed by atoms with van der Waals surface area (Å²) in [6.07, 6.45) is 2.14. The highest BCUT2D eigenvalue weighted by Gasteiger charge is 2.35. The molecular formula is C18H22N5O4PS. The highest BCUT2D eigenvalue weighted by atomic mass is 32.4. The Kier molecular flexibility index (Phi) is 5.96. The Balaban J connectivity index is 1.42. The first kappa shape index (κ1) is 20.0. The number of methoxy groups -OCH3 is 1. The first-order valence-electron chi connectivity index (χ1n) is 9.14. The summed E-state index contributed by atoms with van der Waals surface area (Å²) in [4.78, 5) is 12.7. The molecule has 1 aliphatic heterocycles. The molecule has 2 N–H and O–H groups in total. The van der Waals surface area contributed by atoms with Crippen molar-refractivity contribution in [1.82, 2.24) is 19.5 Å². The molecule has 11 heteroatoms. The van der Waals surface area contributed by atoms with Crippen LogP contribution in [0.25, 0.3) is 11.2 Å². The molecule has 154 valence electrons. The number of hydrogen-bond donors (Lipinski definition) is 1. The molecule has 1 fully saturated rings. The average molecular weight is 435 g/mol. The van der Waals surface area contributed by atoms with Gasteiger partial charge in [-0.25, -0.2) is 4.98 Å². The topological polar surface area (TPSA) is 107 Å². The molecule has 0 spiro atoms. The van der Waals surface area contributed by atoms with E-state index in [-0.39, 0.29) is 24.2 Å². The van der Waals surface area contributed by atoms with Gasteiger partial charge in [0.25, 0.3) is 0 Å². The number of aromatic nitrogens is 4. The number of para-hydroxylation sites is 1. The van der Waals surface area contributed by atoms with Crippen molar-refractivity contribution in [1.29, 1.82) is 0 Å². The molecule has 4 atom stereocenters. The van der Waals surface area contributed by atoms with Gasteiger partial charge in [0.1, 0.15) is 12.0 Å². The van der Waals surface area contributed by atoms with Gasteiger partial charge in [0, 0.05) is 5.92 Å². The van der Waals surface area contributed by atoms with Gasteiger partial charge in [0.05, 0.1) is 26.1 Å². The maximum absolute atomic E-state index is 6.21. The Morgan fingerprint density at radius 1 is 1.31 bits per heavy atom. The molecule has 29 heavy (non-hydrogen) atoms. The molecule has 0 bridgehead atoms. The summed E-state index contributed by atoms with van der Waals surface area (Å²) in [5.74, 6) is 1.40. The Morgan fingerprint density at radius 2 is 2.10 bits per heavy atom. The van der Waals surface area contributed by atoms with Crippen LogP contribution in [0.1, 0.15) is 19.6 Å². The van der Waals surface area contributed by atoms with Crippen LogP contribution in [-0.2, 0) is 21.1 Å². The number of nitrogens with two attached hydrogens (primary N) is 1. The third-order valence-corrected chi connectivity index (χ3v) is 6.07. The lowest BCUT2D eigenvalue weighted by atomic mass is 10.1. The van der Waals surface area contributed by atoms with Crippen LogP contribution < -0.4 is 15.0 Å². The van der Waals surface area contributed by atoms with Gasteiger partial charge in [0.15, 0.2) is 11.2 Å². The van der Waals surface area contributed by atoms with E-state index in [1.54, 1.807) is 6.33 Å². The molecule has 0 aliphatic carbocycles. The predicted octanol–water partition coefficient (Wildman–Crippen LogP) is 2.94. The van der Waals surface area contributed by atoms with Gasteiger partial charge in [-0.3, -0.25) is 4.57 Å². The Hall–Kier alpha value is -2.26. The van der Waals surface area contributed by atoms with E-state index in [9.17, 15) is 0 Å². The lowest BCUT2D eigenvalue weighted by molar-refractivity contribution is -0.0241. The van der Waals surface area contributed by atoms with E-state index in [4.69, 9.17) is 36.1 Å². The average Bonchev–Trinajstić information content (AvgIpc) is 3.29. The number of ether oxygens (including phenoxy) is 2. The van der Waals surface area contributed by atoms with E-state index in [0.717, 1.165) is 6.42 Å². The predicted molar refractivity (Wildman–Crippen MR) is 113 cm³/mol. The summed E-state index contributed by atoms with van der Waals surface area (Å²) in [6.45, 7) is 2.48. The Labute approximate surface area is 173 Å². The summed E-state index contributed by atoms with van der Waals surface area (Å²) in [7, 11) is -0.313. The van der Waals surface area contributed by atoms with Crippen molar-refractivity contribution < 1.29 is 18.5 Å². The molecule has 0 saturated carbocycles. The summed E-state index contributed by atoms with van der Waals surface area (Å²) in [5, 5.41) is 0. The molecular weight excluding hydrogens is 413 g/mol. The molecule has 1 unspecified atom stereocenters. The maximum atomic E-state index is 6.21. The van der Waals surface area contributed by atoms with Gasteiger partial charge in [-0.1, -0.05) is 25.1 Å². The number of anilines is 1. The molecule has 3 heterocycles. The second-order valence-corrected chi connectivity index (χ2v) is 8.75. The monoisotopic (exact) mass is 435 g/mol. The van der Waals surface area contributed by atoms with E-state index < -0.39 is 7.15 Å². The minimum absolute atomic E-state index is 0.101. The molecule has 3 aromatic rings. The third kappa shape index (κ3) is 4.35. The molecule has 1 aliphatic rings. The quantitative estimate of drug-likeness (QED) is 0.561. The normalized spacial score (nSPS) is 22.6. The van der Waals surface area contributed by atoms with Crippen LogP contribution in [0.15, 0.2) is 36.7 Å². The van der Waals surface area contributed by atoms with Crippen LogP contribution in [0, 0.1) is 5.92 Å². The van der Waals surface area contributed by atoms with E-state index in [1.165, 1.54) is 7.11 Å². The van der Waals surface area contributed by atoms with Crippen molar-refractivity contribution in [3.8, 4) is 11.6 Å². The number of nitrogen functional groups attached to an aromatic ring is 1. The zero-order chi connectivity index (χ0) is 20.4. The zero-order valence-electron chi connectivity index (χ0n) is 16.0. The highest BCUT2D eigenvalue weighted by molar-refractivity contribution is 8.00. The van der Waals surface area contributed by atoms with Crippen molar-refractivity contribution in [2.24, 2.45) is 5.92 Å². The zero-order valence-corrected chi connectivity index (χ0v) is 17.8. The fourth-order valence-electron chi connectivity index (χ4n) is 3.38. The smallest absolute Gasteiger partial charge is 0.246 e. The van der Waals surface area contributed by atoms with Crippen LogP contribution in [-0.4, -0.2) is 39.3 Å². The number of rotatable bonds is 7. The third-order valence-electron chi connectivity index (χ3n) is 4.66. The molecule has 4 rings (SSSR count). The van der Waals surface area contributed by atoms with Crippen LogP contribution in [0.3, 0.4) is 0 Å². The number of nitrogens with zero attached hydrogens (tertiary/aromatic N) is 4. The van der Waals surface area contributed by atoms with Crippen molar-refractivity contribution >= 4 is 36.1 Å². The van der Waals surface area contributed by atoms with E-state index in [0.29, 0.717) is 29.4 Å². The summed E-state index contributed by atoms with van der Waals surface area (Å²) >= 11 is 5.34. The van der Waals surface area contributed by atoms with E-state index in [1.807, 2.05) is 34.9 Å². The second-order valence-electron chi connectivity index (χ2n) is 6.75. The van der Waals surface area contributed by atoms with Crippen LogP contribution in [0.2, 0.25) is 0 Å². The van der Waals surface area contributed by atoms with Crippen molar-refractivity contribution in [3.05, 3.63) is 36.7 Å². The SMILES string of the molecule is COc1nc(N)nc2c1ncn2[C@@H]1O[C@H](CO[PH](=S)Oc2ccccc2)C[C@@H]1C. The van der Waals surface area contributed by atoms with Gasteiger partial charge >= 0.3 is 0 Å². The van der Waals surface area contributed by atoms with Crippen LogP contribution in [0.5, 0.6) is 11.6 Å². The van der Waals surface area contributed by atoms with Crippen molar-refractivity contribution in [2.75, 3.05) is 19.5 Å². The summed E-state index contributed by atoms with van der Waals surface area (Å²) < 4.78 is 24.8. The van der Waals surface area contributed by atoms with Crippen LogP contribution >= 0.6 is 7.15 Å². The standard InChI is InChI=1S/C18H22N5O4PS/c1-11-8-13(9-25-28(29)27-12-6-4-3-5-7-12)26-17(11)23-10-20-14-15(23)21-18(19)22-16(14)24-2/h3-7,10-11,13,17,28H,8-9H2,1-2H3,(H2,19,21,22)/t11-,13-,17+/m0/s1. The minimum Gasteiger partial charge on any atom is -0.479 e. The van der Waals surface area contributed by atoms with E-state index >= 15 is 0 Å². The lowest BCUT2D eigenvalue weighted by Crippen LogP contribution is -2.16. The fraction of sp³-hybridized carbons (Fsp3) is 0.389. The van der Waals surface area contributed by atoms with Gasteiger partial charge in [-0.05, 0) is 30.4 Å². The Bertz CT molecular complexity index is 1020. The van der Waals surface area contributed by atoms with E-state index in [2.05, 4.69) is 21.9 Å². The summed E-state index contributed by atoms with van der Waals surface area (Å²) in [6, 6.07) is 9.43. The van der Waals surface area contributed by atoms with Gasteiger partial charge < -0.3 is 24.3 Å². The van der Waals surface area contributed by atoms with Gasteiger partial charge in [-0.2, -0.15) is 9.97 Å². The fourth-order valence-corrected chi connectivity index (χ4v) is 4.58. The molecule has 0 radical (unpaired) electrons. The first-order valence-corrected chi connectivity index (χ1v) is 11.6. The molecule has 2 aromatic heterocycles. The maximum Gasteiger partial charge on any atom is 0.246 e. The number of imidazole rings is 1. The van der Waals surface area contributed by atoms with Crippen molar-refractivity contribution in [3.63, 3.8) is 0 Å². The second kappa shape index (κ2) is 8.62. The first-order chi connectivity index (χ1) is 14.0. The van der Waals surface area contributed by atoms with Crippen LogP contribution in [0.4, 0.5) is 5.95 Å². The number of fused-ring (bicyclic) bond motifs is 1. The molecule has 1 aromatic carbocycles. The van der Waals surface area contributed by atoms with Gasteiger partial charge in [-0.15, -0.1) is 0 Å². The molecule has 0 amide bonds. The number of benzene rings is 1. The molecule has 9 nitrogen and oxygen atoms in total. The largest absolute Gasteiger partial charge is 0.479 e. The van der Waals surface area contributed by atoms with Crippen molar-refractivity contribution in [2.45, 2.75) is 25.7 Å². The lowest BCUT2D eigenvalue weighted by Gasteiger charge is -2.18.